The van der Waals surface area contributed by atoms with Crippen LogP contribution in [0.5, 0.6) is 0 Å². The SMILES string of the molecule is CC(C)[C@H](CC(=O)N[C@H](CO)C(=O)O)NC(=O)OCC1c2ccccc2-c2ccccc21. The van der Waals surface area contributed by atoms with Crippen LogP contribution in [0, 0.1) is 5.92 Å². The van der Waals surface area contributed by atoms with Gasteiger partial charge in [-0.3, -0.25) is 4.79 Å². The number of hydrogen-bond acceptors (Lipinski definition) is 5. The number of carboxylic acids is 1. The molecule has 0 spiro atoms. The summed E-state index contributed by atoms with van der Waals surface area (Å²) in [7, 11) is 0. The van der Waals surface area contributed by atoms with Gasteiger partial charge in [-0.2, -0.15) is 0 Å². The number of aliphatic carboxylic acids is 1. The number of ether oxygens (including phenoxy) is 1. The highest BCUT2D eigenvalue weighted by molar-refractivity contribution is 5.84. The molecule has 0 aliphatic heterocycles. The Bertz CT molecular complexity index is 944. The zero-order chi connectivity index (χ0) is 23.3. The van der Waals surface area contributed by atoms with Crippen LogP contribution in [-0.2, 0) is 14.3 Å². The molecule has 0 unspecified atom stereocenters. The number of fused-ring (bicyclic) bond motifs is 3. The first-order valence-corrected chi connectivity index (χ1v) is 10.6. The zero-order valence-electron chi connectivity index (χ0n) is 18.1. The average molecular weight is 440 g/mol. The van der Waals surface area contributed by atoms with Crippen molar-refractivity contribution in [2.75, 3.05) is 13.2 Å². The molecule has 4 N–H and O–H groups in total. The number of aliphatic hydroxyl groups excluding tert-OH is 1. The topological polar surface area (TPSA) is 125 Å². The number of hydrogen-bond donors (Lipinski definition) is 4. The lowest BCUT2D eigenvalue weighted by Gasteiger charge is -2.23. The fourth-order valence-electron chi connectivity index (χ4n) is 3.88. The second-order valence-electron chi connectivity index (χ2n) is 8.17. The van der Waals surface area contributed by atoms with E-state index in [9.17, 15) is 14.4 Å². The normalized spacial score (nSPS) is 14.2. The number of nitrogens with one attached hydrogen (secondary N) is 2. The molecule has 8 nitrogen and oxygen atoms in total. The van der Waals surface area contributed by atoms with Crippen LogP contribution in [0.15, 0.2) is 48.5 Å². The molecular weight excluding hydrogens is 412 g/mol. The van der Waals surface area contributed by atoms with Gasteiger partial charge in [-0.25, -0.2) is 9.59 Å². The second-order valence-corrected chi connectivity index (χ2v) is 8.17. The van der Waals surface area contributed by atoms with Crippen LogP contribution in [0.3, 0.4) is 0 Å². The van der Waals surface area contributed by atoms with Crippen LogP contribution in [0.25, 0.3) is 11.1 Å². The van der Waals surface area contributed by atoms with Crippen molar-refractivity contribution in [2.45, 2.75) is 38.3 Å². The van der Waals surface area contributed by atoms with E-state index in [0.717, 1.165) is 22.3 Å². The molecule has 0 bridgehead atoms. The van der Waals surface area contributed by atoms with Gasteiger partial charge in [0.05, 0.1) is 6.61 Å². The number of carboxylic acid groups (broad SMARTS) is 1. The number of carbonyl (C=O) groups is 3. The lowest BCUT2D eigenvalue weighted by molar-refractivity contribution is -0.143. The van der Waals surface area contributed by atoms with Gasteiger partial charge >= 0.3 is 12.1 Å². The minimum absolute atomic E-state index is 0.0742. The first kappa shape index (κ1) is 23.3. The fourth-order valence-corrected chi connectivity index (χ4v) is 3.88. The van der Waals surface area contributed by atoms with Crippen molar-refractivity contribution >= 4 is 18.0 Å². The third kappa shape index (κ3) is 5.26. The Balaban J connectivity index is 1.61. The third-order valence-electron chi connectivity index (χ3n) is 5.67. The lowest BCUT2D eigenvalue weighted by Crippen LogP contribution is -2.47. The van der Waals surface area contributed by atoms with Gasteiger partial charge in [-0.1, -0.05) is 62.4 Å². The molecule has 2 aromatic carbocycles. The number of benzene rings is 2. The minimum atomic E-state index is -1.38. The Morgan fingerprint density at radius 2 is 1.53 bits per heavy atom. The number of amides is 2. The Morgan fingerprint density at radius 3 is 2.03 bits per heavy atom. The molecule has 2 atom stereocenters. The first-order valence-electron chi connectivity index (χ1n) is 10.6. The molecule has 2 amide bonds. The monoisotopic (exact) mass is 440 g/mol. The molecule has 0 fully saturated rings. The van der Waals surface area contributed by atoms with Gasteiger partial charge < -0.3 is 25.6 Å². The predicted molar refractivity (Wildman–Crippen MR) is 118 cm³/mol. The Kier molecular flexibility index (Phi) is 7.48. The quantitative estimate of drug-likeness (QED) is 0.475. The van der Waals surface area contributed by atoms with E-state index >= 15 is 0 Å². The number of rotatable bonds is 9. The standard InChI is InChI=1S/C24H28N2O6/c1-14(2)20(11-22(28)25-21(12-27)23(29)30)26-24(31)32-13-19-17-9-5-3-7-15(17)16-8-4-6-10-18(16)19/h3-10,14,19-21,27H,11-13H2,1-2H3,(H,25,28)(H,26,31)(H,29,30)/t20-,21+/m0/s1. The predicted octanol–water partition coefficient (Wildman–Crippen LogP) is 2.50. The van der Waals surface area contributed by atoms with E-state index in [0.29, 0.717) is 0 Å². The molecule has 2 aromatic rings. The highest BCUT2D eigenvalue weighted by Crippen LogP contribution is 2.44. The number of carbonyl (C=O) groups excluding carboxylic acids is 2. The van der Waals surface area contributed by atoms with Gasteiger partial charge in [0.2, 0.25) is 5.91 Å². The molecule has 0 radical (unpaired) electrons. The van der Waals surface area contributed by atoms with Gasteiger partial charge in [0.15, 0.2) is 0 Å². The van der Waals surface area contributed by atoms with Crippen LogP contribution in [-0.4, -0.2) is 53.5 Å². The molecule has 1 aliphatic carbocycles. The first-order chi connectivity index (χ1) is 15.3. The number of alkyl carbamates (subject to hydrolysis) is 1. The van der Waals surface area contributed by atoms with Crippen molar-refractivity contribution in [1.29, 1.82) is 0 Å². The lowest BCUT2D eigenvalue weighted by atomic mass is 9.98. The molecule has 8 heteroatoms. The summed E-state index contributed by atoms with van der Waals surface area (Å²) < 4.78 is 5.53. The van der Waals surface area contributed by atoms with Crippen molar-refractivity contribution in [1.82, 2.24) is 10.6 Å². The van der Waals surface area contributed by atoms with Gasteiger partial charge in [0.1, 0.15) is 12.6 Å². The maximum Gasteiger partial charge on any atom is 0.407 e. The largest absolute Gasteiger partial charge is 0.480 e. The van der Waals surface area contributed by atoms with Crippen LogP contribution in [0.2, 0.25) is 0 Å². The number of aliphatic hydroxyl groups is 1. The molecule has 3 rings (SSSR count). The van der Waals surface area contributed by atoms with Crippen LogP contribution in [0.4, 0.5) is 4.79 Å². The third-order valence-corrected chi connectivity index (χ3v) is 5.67. The van der Waals surface area contributed by atoms with E-state index in [1.165, 1.54) is 0 Å². The maximum atomic E-state index is 12.5. The molecular formula is C24H28N2O6. The van der Waals surface area contributed by atoms with Crippen LogP contribution < -0.4 is 10.6 Å². The molecule has 32 heavy (non-hydrogen) atoms. The van der Waals surface area contributed by atoms with E-state index in [4.69, 9.17) is 14.9 Å². The minimum Gasteiger partial charge on any atom is -0.480 e. The van der Waals surface area contributed by atoms with E-state index in [1.807, 2.05) is 50.2 Å². The van der Waals surface area contributed by atoms with Gasteiger partial charge in [-0.05, 0) is 28.2 Å². The Labute approximate surface area is 186 Å². The summed E-state index contributed by atoms with van der Waals surface area (Å²) in [4.78, 5) is 35.7. The van der Waals surface area contributed by atoms with E-state index in [2.05, 4.69) is 22.8 Å². The molecule has 0 heterocycles. The van der Waals surface area contributed by atoms with Gasteiger partial charge in [0.25, 0.3) is 0 Å². The van der Waals surface area contributed by atoms with Crippen molar-refractivity contribution in [2.24, 2.45) is 5.92 Å². The van der Waals surface area contributed by atoms with Gasteiger partial charge in [0, 0.05) is 18.4 Å². The maximum absolute atomic E-state index is 12.5. The fraction of sp³-hybridized carbons (Fsp3) is 0.375. The molecule has 1 aliphatic rings. The summed E-state index contributed by atoms with van der Waals surface area (Å²) in [6.07, 6.45) is -0.777. The van der Waals surface area contributed by atoms with Crippen molar-refractivity contribution in [3.63, 3.8) is 0 Å². The summed E-state index contributed by atoms with van der Waals surface area (Å²) in [5, 5.41) is 23.0. The summed E-state index contributed by atoms with van der Waals surface area (Å²) in [5.41, 5.74) is 4.46. The van der Waals surface area contributed by atoms with Crippen molar-refractivity contribution in [3.8, 4) is 11.1 Å². The second kappa shape index (κ2) is 10.3. The summed E-state index contributed by atoms with van der Waals surface area (Å²) in [5.74, 6) is -2.08. The van der Waals surface area contributed by atoms with E-state index in [1.54, 1.807) is 0 Å². The summed E-state index contributed by atoms with van der Waals surface area (Å²) >= 11 is 0. The van der Waals surface area contributed by atoms with Gasteiger partial charge in [-0.15, -0.1) is 0 Å². The highest BCUT2D eigenvalue weighted by Gasteiger charge is 2.30. The molecule has 0 saturated heterocycles. The Morgan fingerprint density at radius 1 is 0.969 bits per heavy atom. The van der Waals surface area contributed by atoms with Crippen molar-refractivity contribution in [3.05, 3.63) is 59.7 Å². The molecule has 170 valence electrons. The molecule has 0 saturated carbocycles. The average Bonchev–Trinajstić information content (AvgIpc) is 3.09. The summed E-state index contributed by atoms with van der Waals surface area (Å²) in [6.45, 7) is 3.11. The van der Waals surface area contributed by atoms with Crippen LogP contribution in [0.1, 0.15) is 37.3 Å². The van der Waals surface area contributed by atoms with E-state index < -0.39 is 36.7 Å². The Hall–Kier alpha value is -3.39. The smallest absolute Gasteiger partial charge is 0.407 e. The summed E-state index contributed by atoms with van der Waals surface area (Å²) in [6, 6.07) is 14.1. The molecule has 0 aromatic heterocycles. The van der Waals surface area contributed by atoms with Crippen molar-refractivity contribution < 1.29 is 29.3 Å². The van der Waals surface area contributed by atoms with E-state index in [-0.39, 0.29) is 24.9 Å². The van der Waals surface area contributed by atoms with Crippen LogP contribution >= 0.6 is 0 Å². The highest BCUT2D eigenvalue weighted by atomic mass is 16.5. The zero-order valence-corrected chi connectivity index (χ0v) is 18.1.